The molecular weight excluding hydrogens is 342 g/mol. The Hall–Kier alpha value is -3.36. The third-order valence-corrected chi connectivity index (χ3v) is 3.56. The fourth-order valence-electron chi connectivity index (χ4n) is 2.19. The van der Waals surface area contributed by atoms with Crippen LogP contribution in [0.1, 0.15) is 23.0 Å². The van der Waals surface area contributed by atoms with E-state index in [0.29, 0.717) is 11.4 Å². The van der Waals surface area contributed by atoms with Gasteiger partial charge in [-0.1, -0.05) is 0 Å². The Labute approximate surface area is 149 Å². The van der Waals surface area contributed by atoms with E-state index in [1.165, 1.54) is 25.3 Å². The van der Waals surface area contributed by atoms with E-state index in [0.717, 1.165) is 6.07 Å². The number of nitro benzene ring substituents is 1. The average Bonchev–Trinajstić information content (AvgIpc) is 3.12. The number of anilines is 1. The van der Waals surface area contributed by atoms with Gasteiger partial charge < -0.3 is 19.4 Å². The maximum absolute atomic E-state index is 12.2. The highest BCUT2D eigenvalue weighted by Crippen LogP contribution is 2.28. The predicted octanol–water partition coefficient (Wildman–Crippen LogP) is 2.12. The highest BCUT2D eigenvalue weighted by atomic mass is 16.6. The molecule has 2 aromatic rings. The fraction of sp³-hybridized carbons (Fsp3) is 0.294. The third kappa shape index (κ3) is 4.59. The van der Waals surface area contributed by atoms with Gasteiger partial charge in [-0.25, -0.2) is 4.79 Å². The minimum absolute atomic E-state index is 0.00650. The molecule has 1 aromatic carbocycles. The van der Waals surface area contributed by atoms with Crippen molar-refractivity contribution in [2.75, 3.05) is 19.0 Å². The summed E-state index contributed by atoms with van der Waals surface area (Å²) in [6.07, 6.45) is 0.417. The van der Waals surface area contributed by atoms with Crippen LogP contribution in [0.4, 0.5) is 11.4 Å². The molecule has 138 valence electrons. The zero-order chi connectivity index (χ0) is 19.3. The average molecular weight is 361 g/mol. The molecule has 9 nitrogen and oxygen atoms in total. The number of rotatable bonds is 7. The van der Waals surface area contributed by atoms with Gasteiger partial charge in [-0.15, -0.1) is 0 Å². The van der Waals surface area contributed by atoms with Gasteiger partial charge in [-0.2, -0.15) is 0 Å². The molecule has 0 spiro atoms. The van der Waals surface area contributed by atoms with Gasteiger partial charge in [0.1, 0.15) is 11.4 Å². The lowest BCUT2D eigenvalue weighted by molar-refractivity contribution is -0.384. The summed E-state index contributed by atoms with van der Waals surface area (Å²) in [5.74, 6) is -0.764. The van der Waals surface area contributed by atoms with Gasteiger partial charge in [0.25, 0.3) is 11.6 Å². The molecule has 0 radical (unpaired) electrons. The van der Waals surface area contributed by atoms with Gasteiger partial charge in [0.15, 0.2) is 6.10 Å². The van der Waals surface area contributed by atoms with Crippen LogP contribution < -0.4 is 10.2 Å². The molecule has 0 aliphatic heterocycles. The number of hydrogen-bond donors (Lipinski definition) is 1. The van der Waals surface area contributed by atoms with Gasteiger partial charge in [0.05, 0.1) is 23.3 Å². The summed E-state index contributed by atoms with van der Waals surface area (Å²) in [7, 11) is 3.32. The molecule has 9 heteroatoms. The van der Waals surface area contributed by atoms with Crippen LogP contribution in [-0.4, -0.2) is 37.0 Å². The number of carbonyl (C=O) groups excluding carboxylic acids is 2. The van der Waals surface area contributed by atoms with Crippen LogP contribution in [0.5, 0.6) is 0 Å². The SMILES string of the molecule is C[C@@H](OC(=O)c1ccc(N(C)C)c([N+](=O)[O-])c1)C(=O)NCc1ccco1. The second-order valence-corrected chi connectivity index (χ2v) is 5.70. The first-order chi connectivity index (χ1) is 12.3. The van der Waals surface area contributed by atoms with Crippen molar-refractivity contribution in [2.45, 2.75) is 19.6 Å². The minimum atomic E-state index is -1.06. The Morgan fingerprint density at radius 3 is 2.65 bits per heavy atom. The maximum Gasteiger partial charge on any atom is 0.339 e. The van der Waals surface area contributed by atoms with Crippen LogP contribution in [0.15, 0.2) is 41.0 Å². The number of ether oxygens (including phenoxy) is 1. The van der Waals surface area contributed by atoms with E-state index in [1.54, 1.807) is 31.1 Å². The van der Waals surface area contributed by atoms with Crippen LogP contribution in [0, 0.1) is 10.1 Å². The standard InChI is InChI=1S/C17H19N3O6/c1-11(16(21)18-10-13-5-4-8-25-13)26-17(22)12-6-7-14(19(2)3)15(9-12)20(23)24/h4-9,11H,10H2,1-3H3,(H,18,21)/t11-/m1/s1. The Balaban J connectivity index is 2.03. The van der Waals surface area contributed by atoms with Gasteiger partial charge in [0, 0.05) is 20.2 Å². The molecule has 1 atom stereocenters. The van der Waals surface area contributed by atoms with Crippen LogP contribution in [0.25, 0.3) is 0 Å². The largest absolute Gasteiger partial charge is 0.467 e. The Morgan fingerprint density at radius 2 is 2.08 bits per heavy atom. The normalized spacial score (nSPS) is 11.5. The van der Waals surface area contributed by atoms with Crippen molar-refractivity contribution in [1.82, 2.24) is 5.32 Å². The van der Waals surface area contributed by atoms with Gasteiger partial charge in [0.2, 0.25) is 0 Å². The second kappa shape index (κ2) is 8.15. The Bertz CT molecular complexity index is 801. The molecule has 1 aromatic heterocycles. The van der Waals surface area contributed by atoms with Crippen LogP contribution in [0.3, 0.4) is 0 Å². The first-order valence-corrected chi connectivity index (χ1v) is 7.76. The molecule has 2 rings (SSSR count). The van der Waals surface area contributed by atoms with Gasteiger partial charge in [-0.05, 0) is 31.2 Å². The molecule has 0 unspecified atom stereocenters. The lowest BCUT2D eigenvalue weighted by atomic mass is 10.1. The quantitative estimate of drug-likeness (QED) is 0.456. The minimum Gasteiger partial charge on any atom is -0.467 e. The van der Waals surface area contributed by atoms with Crippen molar-refractivity contribution in [2.24, 2.45) is 0 Å². The monoisotopic (exact) mass is 361 g/mol. The summed E-state index contributed by atoms with van der Waals surface area (Å²) in [6.45, 7) is 1.58. The van der Waals surface area contributed by atoms with Crippen LogP contribution in [0.2, 0.25) is 0 Å². The molecule has 0 saturated heterocycles. The predicted molar refractivity (Wildman–Crippen MR) is 92.9 cm³/mol. The van der Waals surface area contributed by atoms with E-state index in [9.17, 15) is 19.7 Å². The number of nitro groups is 1. The van der Waals surface area contributed by atoms with Crippen molar-refractivity contribution >= 4 is 23.3 Å². The van der Waals surface area contributed by atoms with Crippen LogP contribution in [-0.2, 0) is 16.1 Å². The number of esters is 1. The number of nitrogens with one attached hydrogen (secondary N) is 1. The fourth-order valence-corrected chi connectivity index (χ4v) is 2.19. The van der Waals surface area contributed by atoms with Crippen molar-refractivity contribution in [3.8, 4) is 0 Å². The summed E-state index contributed by atoms with van der Waals surface area (Å²) >= 11 is 0. The number of benzene rings is 1. The number of hydrogen-bond acceptors (Lipinski definition) is 7. The second-order valence-electron chi connectivity index (χ2n) is 5.70. The van der Waals surface area contributed by atoms with Crippen molar-refractivity contribution in [1.29, 1.82) is 0 Å². The molecule has 0 bridgehead atoms. The topological polar surface area (TPSA) is 115 Å². The summed E-state index contributed by atoms with van der Waals surface area (Å²) in [6, 6.07) is 7.39. The Morgan fingerprint density at radius 1 is 1.35 bits per heavy atom. The van der Waals surface area contributed by atoms with E-state index >= 15 is 0 Å². The van der Waals surface area contributed by atoms with E-state index < -0.39 is 22.9 Å². The molecule has 1 heterocycles. The molecule has 1 amide bonds. The van der Waals surface area contributed by atoms with Gasteiger partial charge in [-0.3, -0.25) is 14.9 Å². The zero-order valence-corrected chi connectivity index (χ0v) is 14.6. The summed E-state index contributed by atoms with van der Waals surface area (Å²) in [4.78, 5) is 36.3. The number of carbonyl (C=O) groups is 2. The van der Waals surface area contributed by atoms with E-state index in [4.69, 9.17) is 9.15 Å². The molecular formula is C17H19N3O6. The first-order valence-electron chi connectivity index (χ1n) is 7.76. The molecule has 0 aliphatic carbocycles. The summed E-state index contributed by atoms with van der Waals surface area (Å²) < 4.78 is 10.2. The number of furan rings is 1. The van der Waals surface area contributed by atoms with Gasteiger partial charge >= 0.3 is 5.97 Å². The van der Waals surface area contributed by atoms with E-state index in [2.05, 4.69) is 5.32 Å². The number of amides is 1. The third-order valence-electron chi connectivity index (χ3n) is 3.56. The summed E-state index contributed by atoms with van der Waals surface area (Å²) in [5, 5.41) is 13.8. The lowest BCUT2D eigenvalue weighted by Gasteiger charge is -2.15. The van der Waals surface area contributed by atoms with Crippen molar-refractivity contribution < 1.29 is 23.7 Å². The molecule has 0 aliphatic rings. The van der Waals surface area contributed by atoms with E-state index in [1.807, 2.05) is 0 Å². The highest BCUT2D eigenvalue weighted by molar-refractivity contribution is 5.93. The summed E-state index contributed by atoms with van der Waals surface area (Å²) in [5.41, 5.74) is 0.128. The molecule has 26 heavy (non-hydrogen) atoms. The van der Waals surface area contributed by atoms with Crippen LogP contribution >= 0.6 is 0 Å². The highest BCUT2D eigenvalue weighted by Gasteiger charge is 2.23. The molecule has 0 fully saturated rings. The number of nitrogens with zero attached hydrogens (tertiary/aromatic N) is 2. The van der Waals surface area contributed by atoms with Crippen molar-refractivity contribution in [3.63, 3.8) is 0 Å². The zero-order valence-electron chi connectivity index (χ0n) is 14.6. The lowest BCUT2D eigenvalue weighted by Crippen LogP contribution is -2.35. The van der Waals surface area contributed by atoms with Crippen molar-refractivity contribution in [3.05, 3.63) is 58.0 Å². The van der Waals surface area contributed by atoms with E-state index in [-0.39, 0.29) is 17.8 Å². The first kappa shape index (κ1) is 19.0. The Kier molecular flexibility index (Phi) is 5.94. The smallest absolute Gasteiger partial charge is 0.339 e. The molecule has 1 N–H and O–H groups in total. The molecule has 0 saturated carbocycles. The maximum atomic E-state index is 12.2.